The lowest BCUT2D eigenvalue weighted by Gasteiger charge is -2.34. The molecule has 9 nitrogen and oxygen atoms in total. The van der Waals surface area contributed by atoms with Gasteiger partial charge in [0.2, 0.25) is 11.9 Å². The number of ether oxygens (including phenoxy) is 1. The Kier molecular flexibility index (Phi) is 7.19. The Morgan fingerprint density at radius 1 is 0.969 bits per heavy atom. The second-order valence-corrected chi connectivity index (χ2v) is 8.95. The van der Waals surface area contributed by atoms with Crippen LogP contribution in [-0.4, -0.2) is 88.2 Å². The number of carbonyl (C=O) groups is 2. The van der Waals surface area contributed by atoms with E-state index < -0.39 is 0 Å². The molecule has 2 aliphatic rings. The summed E-state index contributed by atoms with van der Waals surface area (Å²) in [4.78, 5) is 30.4. The summed E-state index contributed by atoms with van der Waals surface area (Å²) in [7, 11) is 0. The van der Waals surface area contributed by atoms with Crippen molar-refractivity contribution < 1.29 is 14.3 Å². The van der Waals surface area contributed by atoms with Crippen molar-refractivity contribution in [1.29, 1.82) is 0 Å². The van der Waals surface area contributed by atoms with Gasteiger partial charge in [0, 0.05) is 39.3 Å². The Balaban J connectivity index is 1.42. The number of hydrogen-bond donors (Lipinski definition) is 0. The normalized spacial score (nSPS) is 16.5. The van der Waals surface area contributed by atoms with Crippen LogP contribution in [0.15, 0.2) is 29.4 Å². The maximum absolute atomic E-state index is 12.8. The first-order chi connectivity index (χ1) is 15.6. The highest BCUT2D eigenvalue weighted by Gasteiger charge is 2.26. The van der Waals surface area contributed by atoms with Crippen molar-refractivity contribution >= 4 is 29.7 Å². The first-order valence-corrected chi connectivity index (χ1v) is 12.1. The minimum Gasteiger partial charge on any atom is -0.450 e. The summed E-state index contributed by atoms with van der Waals surface area (Å²) in [6.07, 6.45) is 1.99. The van der Waals surface area contributed by atoms with Crippen molar-refractivity contribution in [3.05, 3.63) is 29.8 Å². The first kappa shape index (κ1) is 22.4. The minimum absolute atomic E-state index is 0.0414. The number of carbonyl (C=O) groups excluding carboxylic acids is 2. The van der Waals surface area contributed by atoms with Crippen LogP contribution in [-0.2, 0) is 9.53 Å². The zero-order valence-electron chi connectivity index (χ0n) is 18.7. The molecule has 2 saturated heterocycles. The fourth-order valence-electron chi connectivity index (χ4n) is 3.97. The van der Waals surface area contributed by atoms with Crippen LogP contribution in [0.5, 0.6) is 0 Å². The third-order valence-electron chi connectivity index (χ3n) is 5.78. The maximum atomic E-state index is 12.8. The maximum Gasteiger partial charge on any atom is 0.409 e. The number of nitrogens with zero attached hydrogens (tertiary/aromatic N) is 6. The number of anilines is 1. The highest BCUT2D eigenvalue weighted by molar-refractivity contribution is 7.99. The molecule has 3 heterocycles. The standard InChI is InChI=1S/C22H30N6O3S/c1-3-31-22(30)27-14-12-25(13-15-27)19(29)16-32-21-24-23-20(26-10-4-5-11-26)28(21)18-8-6-17(2)7-9-18/h6-9H,3-5,10-16H2,1-2H3. The van der Waals surface area contributed by atoms with E-state index in [1.807, 2.05) is 0 Å². The number of rotatable bonds is 6. The Morgan fingerprint density at radius 2 is 1.62 bits per heavy atom. The molecule has 0 unspecified atom stereocenters. The zero-order valence-corrected chi connectivity index (χ0v) is 19.5. The van der Waals surface area contributed by atoms with Gasteiger partial charge >= 0.3 is 6.09 Å². The quantitative estimate of drug-likeness (QED) is 0.615. The molecule has 0 atom stereocenters. The molecular weight excluding hydrogens is 428 g/mol. The topological polar surface area (TPSA) is 83.8 Å². The number of aromatic nitrogens is 3. The average molecular weight is 459 g/mol. The summed E-state index contributed by atoms with van der Waals surface area (Å²) in [6, 6.07) is 8.29. The van der Waals surface area contributed by atoms with Gasteiger partial charge in [-0.2, -0.15) is 0 Å². The van der Waals surface area contributed by atoms with Crippen LogP contribution in [0, 0.1) is 6.92 Å². The van der Waals surface area contributed by atoms with Gasteiger partial charge in [0.05, 0.1) is 18.0 Å². The van der Waals surface area contributed by atoms with E-state index in [1.165, 1.54) is 17.3 Å². The number of hydrogen-bond acceptors (Lipinski definition) is 7. The lowest BCUT2D eigenvalue weighted by atomic mass is 10.2. The molecule has 1 aromatic carbocycles. The van der Waals surface area contributed by atoms with Crippen molar-refractivity contribution in [2.75, 3.05) is 56.5 Å². The van der Waals surface area contributed by atoms with Crippen molar-refractivity contribution in [3.63, 3.8) is 0 Å². The fourth-order valence-corrected chi connectivity index (χ4v) is 4.82. The molecule has 172 valence electrons. The van der Waals surface area contributed by atoms with Crippen LogP contribution in [0.4, 0.5) is 10.7 Å². The van der Waals surface area contributed by atoms with Crippen molar-refractivity contribution in [1.82, 2.24) is 24.6 Å². The Bertz CT molecular complexity index is 934. The summed E-state index contributed by atoms with van der Waals surface area (Å²) in [5, 5.41) is 9.61. The molecule has 0 radical (unpaired) electrons. The molecule has 0 bridgehead atoms. The fraction of sp³-hybridized carbons (Fsp3) is 0.545. The number of thioether (sulfide) groups is 1. The molecule has 2 amide bonds. The average Bonchev–Trinajstić information content (AvgIpc) is 3.48. The summed E-state index contributed by atoms with van der Waals surface area (Å²) >= 11 is 1.41. The van der Waals surface area contributed by atoms with E-state index in [1.54, 1.807) is 16.7 Å². The van der Waals surface area contributed by atoms with Crippen LogP contribution in [0.2, 0.25) is 0 Å². The van der Waals surface area contributed by atoms with Gasteiger partial charge < -0.3 is 19.4 Å². The van der Waals surface area contributed by atoms with Gasteiger partial charge in [0.15, 0.2) is 5.16 Å². The zero-order chi connectivity index (χ0) is 22.5. The summed E-state index contributed by atoms with van der Waals surface area (Å²) in [6.45, 7) is 8.17. The lowest BCUT2D eigenvalue weighted by Crippen LogP contribution is -2.51. The van der Waals surface area contributed by atoms with Gasteiger partial charge in [-0.15, -0.1) is 10.2 Å². The first-order valence-electron chi connectivity index (χ1n) is 11.2. The second kappa shape index (κ2) is 10.2. The summed E-state index contributed by atoms with van der Waals surface area (Å²) < 4.78 is 7.10. The van der Waals surface area contributed by atoms with E-state index >= 15 is 0 Å². The molecule has 10 heteroatoms. The van der Waals surface area contributed by atoms with E-state index in [0.717, 1.165) is 37.6 Å². The molecular formula is C22H30N6O3S. The van der Waals surface area contributed by atoms with Crippen molar-refractivity contribution in [2.24, 2.45) is 0 Å². The van der Waals surface area contributed by atoms with Gasteiger partial charge in [-0.25, -0.2) is 4.79 Å². The van der Waals surface area contributed by atoms with Gasteiger partial charge in [-0.1, -0.05) is 29.5 Å². The Labute approximate surface area is 192 Å². The van der Waals surface area contributed by atoms with Crippen LogP contribution >= 0.6 is 11.8 Å². The molecule has 32 heavy (non-hydrogen) atoms. The second-order valence-electron chi connectivity index (χ2n) is 8.00. The van der Waals surface area contributed by atoms with Gasteiger partial charge in [-0.05, 0) is 38.8 Å². The van der Waals surface area contributed by atoms with Gasteiger partial charge in [0.25, 0.3) is 0 Å². The smallest absolute Gasteiger partial charge is 0.409 e. The molecule has 2 aromatic rings. The van der Waals surface area contributed by atoms with Crippen LogP contribution < -0.4 is 4.90 Å². The predicted octanol–water partition coefficient (Wildman–Crippen LogP) is 2.57. The molecule has 0 N–H and O–H groups in total. The van der Waals surface area contributed by atoms with E-state index in [0.29, 0.717) is 37.9 Å². The number of piperazine rings is 1. The number of benzene rings is 1. The van der Waals surface area contributed by atoms with Gasteiger partial charge in [0.1, 0.15) is 0 Å². The summed E-state index contributed by atoms with van der Waals surface area (Å²) in [5.41, 5.74) is 2.19. The molecule has 0 saturated carbocycles. The number of aryl methyl sites for hydroxylation is 1. The van der Waals surface area contributed by atoms with Crippen molar-refractivity contribution in [2.45, 2.75) is 31.8 Å². The molecule has 4 rings (SSSR count). The van der Waals surface area contributed by atoms with E-state index in [-0.39, 0.29) is 17.8 Å². The molecule has 0 spiro atoms. The predicted molar refractivity (Wildman–Crippen MR) is 123 cm³/mol. The highest BCUT2D eigenvalue weighted by Crippen LogP contribution is 2.29. The van der Waals surface area contributed by atoms with Gasteiger partial charge in [-0.3, -0.25) is 9.36 Å². The van der Waals surface area contributed by atoms with Crippen molar-refractivity contribution in [3.8, 4) is 5.69 Å². The van der Waals surface area contributed by atoms with Crippen LogP contribution in [0.1, 0.15) is 25.3 Å². The number of amides is 2. The Morgan fingerprint density at radius 3 is 2.28 bits per heavy atom. The van der Waals surface area contributed by atoms with E-state index in [9.17, 15) is 9.59 Å². The third kappa shape index (κ3) is 5.01. The summed E-state index contributed by atoms with van der Waals surface area (Å²) in [5.74, 6) is 1.16. The van der Waals surface area contributed by atoms with Crippen LogP contribution in [0.25, 0.3) is 5.69 Å². The minimum atomic E-state index is -0.311. The highest BCUT2D eigenvalue weighted by atomic mass is 32.2. The lowest BCUT2D eigenvalue weighted by molar-refractivity contribution is -0.129. The van der Waals surface area contributed by atoms with E-state index in [2.05, 4.69) is 50.9 Å². The molecule has 2 aliphatic heterocycles. The molecule has 1 aromatic heterocycles. The van der Waals surface area contributed by atoms with Crippen LogP contribution in [0.3, 0.4) is 0 Å². The molecule has 0 aliphatic carbocycles. The monoisotopic (exact) mass is 458 g/mol. The Hall–Kier alpha value is -2.75. The third-order valence-corrected chi connectivity index (χ3v) is 6.69. The SMILES string of the molecule is CCOC(=O)N1CCN(C(=O)CSc2nnc(N3CCCC3)n2-c2ccc(C)cc2)CC1. The molecule has 2 fully saturated rings. The largest absolute Gasteiger partial charge is 0.450 e. The van der Waals surface area contributed by atoms with E-state index in [4.69, 9.17) is 4.74 Å².